The van der Waals surface area contributed by atoms with E-state index >= 15 is 0 Å². The zero-order valence-electron chi connectivity index (χ0n) is 19.4. The van der Waals surface area contributed by atoms with E-state index in [9.17, 15) is 19.6 Å². The van der Waals surface area contributed by atoms with Gasteiger partial charge < -0.3 is 15.4 Å². The van der Waals surface area contributed by atoms with Crippen LogP contribution < -0.4 is 10.6 Å². The molecule has 9 heteroatoms. The minimum atomic E-state index is -0.797. The fourth-order valence-corrected chi connectivity index (χ4v) is 4.76. The molecule has 3 atom stereocenters. The molecular weight excluding hydrogens is 456 g/mol. The van der Waals surface area contributed by atoms with E-state index in [4.69, 9.17) is 16.3 Å². The van der Waals surface area contributed by atoms with E-state index < -0.39 is 23.8 Å². The molecule has 3 aliphatic rings. The number of carbonyl (C=O) groups is 3. The van der Waals surface area contributed by atoms with Gasteiger partial charge in [0.05, 0.1) is 6.07 Å². The van der Waals surface area contributed by atoms with Gasteiger partial charge in [-0.1, -0.05) is 36.6 Å². The summed E-state index contributed by atoms with van der Waals surface area (Å²) >= 11 is 6.12. The Balaban J connectivity index is 1.41. The average molecular weight is 487 g/mol. The normalized spacial score (nSPS) is 22.5. The number of piperidine rings is 1. The number of rotatable bonds is 9. The van der Waals surface area contributed by atoms with Crippen LogP contribution in [0.15, 0.2) is 24.3 Å². The second-order valence-electron chi connectivity index (χ2n) is 9.73. The second kappa shape index (κ2) is 10.2. The Morgan fingerprint density at radius 1 is 1.32 bits per heavy atom. The Hall–Kier alpha value is -2.79. The quantitative estimate of drug-likeness (QED) is 0.555. The molecule has 3 fully saturated rings. The number of carbonyl (C=O) groups excluding carboxylic acids is 3. The van der Waals surface area contributed by atoms with E-state index in [1.165, 1.54) is 4.90 Å². The smallest absolute Gasteiger partial charge is 0.411 e. The van der Waals surface area contributed by atoms with E-state index in [1.807, 2.05) is 12.1 Å². The van der Waals surface area contributed by atoms with Crippen molar-refractivity contribution in [2.24, 2.45) is 11.8 Å². The van der Waals surface area contributed by atoms with Gasteiger partial charge in [0.2, 0.25) is 11.8 Å². The Morgan fingerprint density at radius 2 is 2.09 bits per heavy atom. The van der Waals surface area contributed by atoms with Crippen LogP contribution in [-0.4, -0.2) is 48.5 Å². The van der Waals surface area contributed by atoms with Crippen molar-refractivity contribution in [1.29, 1.82) is 5.26 Å². The van der Waals surface area contributed by atoms with Crippen molar-refractivity contribution >= 4 is 29.5 Å². The van der Waals surface area contributed by atoms with Crippen molar-refractivity contribution in [2.75, 3.05) is 13.6 Å². The highest BCUT2D eigenvalue weighted by Crippen LogP contribution is 2.50. The van der Waals surface area contributed by atoms with E-state index in [2.05, 4.69) is 16.7 Å². The highest BCUT2D eigenvalue weighted by Gasteiger charge is 2.50. The summed E-state index contributed by atoms with van der Waals surface area (Å²) in [7, 11) is 1.57. The molecule has 0 spiro atoms. The monoisotopic (exact) mass is 486 g/mol. The maximum Gasteiger partial charge on any atom is 0.411 e. The van der Waals surface area contributed by atoms with Gasteiger partial charge in [0, 0.05) is 24.5 Å². The van der Waals surface area contributed by atoms with Crippen molar-refractivity contribution in [1.82, 2.24) is 15.5 Å². The standard InChI is InChI=1S/C25H31ClN4O4/c1-30(24(33)34-25(9-10-25)18-5-2-6-19(26)14-18)21(12-16-7-8-16)23(32)29-20(15-27)13-17-4-3-11-28-22(17)31/h2,5-6,14,16-17,20-21H,3-4,7-13H2,1H3,(H,28,31)(H,29,32)/t17-,20-,21-/m0/s1. The highest BCUT2D eigenvalue weighted by molar-refractivity contribution is 6.30. The van der Waals surface area contributed by atoms with Gasteiger partial charge in [0.25, 0.3) is 0 Å². The number of ether oxygens (including phenoxy) is 1. The number of nitrogens with one attached hydrogen (secondary N) is 2. The first kappa shape index (κ1) is 24.3. The van der Waals surface area contributed by atoms with Gasteiger partial charge in [0.1, 0.15) is 17.7 Å². The number of nitriles is 1. The molecule has 0 radical (unpaired) electrons. The van der Waals surface area contributed by atoms with Gasteiger partial charge in [-0.3, -0.25) is 14.5 Å². The molecule has 0 unspecified atom stereocenters. The number of benzene rings is 1. The molecule has 8 nitrogen and oxygen atoms in total. The molecule has 2 saturated carbocycles. The Kier molecular flexibility index (Phi) is 7.32. The van der Waals surface area contributed by atoms with Crippen LogP contribution in [0.5, 0.6) is 0 Å². The number of amides is 3. The maximum atomic E-state index is 13.2. The molecule has 2 N–H and O–H groups in total. The molecule has 1 aromatic rings. The lowest BCUT2D eigenvalue weighted by atomic mass is 9.92. The second-order valence-corrected chi connectivity index (χ2v) is 10.2. The zero-order chi connectivity index (χ0) is 24.3. The largest absolute Gasteiger partial charge is 0.438 e. The van der Waals surface area contributed by atoms with Gasteiger partial charge in [-0.25, -0.2) is 4.79 Å². The maximum absolute atomic E-state index is 13.2. The van der Waals surface area contributed by atoms with Gasteiger partial charge >= 0.3 is 6.09 Å². The van der Waals surface area contributed by atoms with Gasteiger partial charge in [-0.2, -0.15) is 5.26 Å². The molecule has 3 amide bonds. The summed E-state index contributed by atoms with van der Waals surface area (Å²) in [5.41, 5.74) is 0.139. The summed E-state index contributed by atoms with van der Waals surface area (Å²) < 4.78 is 5.88. The Bertz CT molecular complexity index is 985. The number of hydrogen-bond donors (Lipinski definition) is 2. The molecule has 1 heterocycles. The lowest BCUT2D eigenvalue weighted by Gasteiger charge is -2.30. The average Bonchev–Trinajstić information content (AvgIpc) is 3.75. The minimum Gasteiger partial charge on any atom is -0.438 e. The molecule has 1 aromatic carbocycles. The molecule has 2 aliphatic carbocycles. The van der Waals surface area contributed by atoms with E-state index in [0.717, 1.165) is 24.8 Å². The molecule has 0 aromatic heterocycles. The highest BCUT2D eigenvalue weighted by atomic mass is 35.5. The molecule has 4 rings (SSSR count). The van der Waals surface area contributed by atoms with Gasteiger partial charge in [-0.05, 0) is 62.1 Å². The van der Waals surface area contributed by atoms with Crippen LogP contribution >= 0.6 is 11.6 Å². The molecule has 1 aliphatic heterocycles. The molecular formula is C25H31ClN4O4. The zero-order valence-corrected chi connectivity index (χ0v) is 20.1. The summed E-state index contributed by atoms with van der Waals surface area (Å²) in [5.74, 6) is -0.386. The topological polar surface area (TPSA) is 112 Å². The predicted octanol–water partition coefficient (Wildman–Crippen LogP) is 3.49. The van der Waals surface area contributed by atoms with Crippen LogP contribution in [0, 0.1) is 23.2 Å². The summed E-state index contributed by atoms with van der Waals surface area (Å²) in [6.45, 7) is 0.645. The summed E-state index contributed by atoms with van der Waals surface area (Å²) in [4.78, 5) is 39.7. The number of halogens is 1. The summed E-state index contributed by atoms with van der Waals surface area (Å²) in [6.07, 6.45) is 5.20. The molecule has 182 valence electrons. The first-order valence-corrected chi connectivity index (χ1v) is 12.4. The fourth-order valence-electron chi connectivity index (χ4n) is 4.57. The molecule has 34 heavy (non-hydrogen) atoms. The van der Waals surface area contributed by atoms with Gasteiger partial charge in [0.15, 0.2) is 0 Å². The van der Waals surface area contributed by atoms with Crippen LogP contribution in [0.2, 0.25) is 5.02 Å². The third kappa shape index (κ3) is 5.82. The Morgan fingerprint density at radius 3 is 2.71 bits per heavy atom. The van der Waals surface area contributed by atoms with Crippen molar-refractivity contribution in [3.05, 3.63) is 34.9 Å². The van der Waals surface area contributed by atoms with E-state index in [-0.39, 0.29) is 24.2 Å². The number of hydrogen-bond acceptors (Lipinski definition) is 5. The van der Waals surface area contributed by atoms with E-state index in [0.29, 0.717) is 43.2 Å². The Labute approximate surface area is 205 Å². The molecule has 0 bridgehead atoms. The van der Waals surface area contributed by atoms with Crippen LogP contribution in [0.1, 0.15) is 56.9 Å². The van der Waals surface area contributed by atoms with E-state index in [1.54, 1.807) is 19.2 Å². The van der Waals surface area contributed by atoms with Crippen molar-refractivity contribution in [2.45, 2.75) is 69.1 Å². The third-order valence-electron chi connectivity index (χ3n) is 7.04. The van der Waals surface area contributed by atoms with Crippen LogP contribution in [0.4, 0.5) is 4.79 Å². The van der Waals surface area contributed by atoms with Crippen LogP contribution in [0.25, 0.3) is 0 Å². The van der Waals surface area contributed by atoms with Crippen molar-refractivity contribution in [3.63, 3.8) is 0 Å². The number of nitrogens with zero attached hydrogens (tertiary/aromatic N) is 2. The number of likely N-dealkylation sites (N-methyl/N-ethyl adjacent to an activating group) is 1. The van der Waals surface area contributed by atoms with Crippen LogP contribution in [0.3, 0.4) is 0 Å². The van der Waals surface area contributed by atoms with Crippen molar-refractivity contribution in [3.8, 4) is 6.07 Å². The lowest BCUT2D eigenvalue weighted by molar-refractivity contribution is -0.129. The van der Waals surface area contributed by atoms with Crippen LogP contribution in [-0.2, 0) is 19.9 Å². The third-order valence-corrected chi connectivity index (χ3v) is 7.28. The minimum absolute atomic E-state index is 0.0771. The predicted molar refractivity (Wildman–Crippen MR) is 126 cm³/mol. The first-order chi connectivity index (χ1) is 16.3. The van der Waals surface area contributed by atoms with Gasteiger partial charge in [-0.15, -0.1) is 0 Å². The SMILES string of the molecule is CN(C(=O)OC1(c2cccc(Cl)c2)CC1)[C@@H](CC1CC1)C(=O)N[C@H](C#N)C[C@@H]1CCCNC1=O. The first-order valence-electron chi connectivity index (χ1n) is 12.0. The summed E-state index contributed by atoms with van der Waals surface area (Å²) in [5, 5.41) is 15.8. The summed E-state index contributed by atoms with van der Waals surface area (Å²) in [6, 6.07) is 7.85. The van der Waals surface area contributed by atoms with Crippen molar-refractivity contribution < 1.29 is 19.1 Å². The molecule has 1 saturated heterocycles. The fraction of sp³-hybridized carbons (Fsp3) is 0.600. The lowest BCUT2D eigenvalue weighted by Crippen LogP contribution is -2.51.